The molecule has 0 radical (unpaired) electrons. The number of hydrogen-bond acceptors (Lipinski definition) is 2. The fourth-order valence-electron chi connectivity index (χ4n) is 2.74. The maximum atomic E-state index is 12.4. The van der Waals surface area contributed by atoms with Gasteiger partial charge in [0.1, 0.15) is 5.75 Å². The summed E-state index contributed by atoms with van der Waals surface area (Å²) in [5.74, 6) is 0.884. The zero-order chi connectivity index (χ0) is 16.5. The van der Waals surface area contributed by atoms with Crippen molar-refractivity contribution in [3.8, 4) is 16.9 Å². The first-order valence-electron chi connectivity index (χ1n) is 7.60. The molecule has 1 aliphatic heterocycles. The summed E-state index contributed by atoms with van der Waals surface area (Å²) in [5.41, 5.74) is 3.65. The highest BCUT2D eigenvalue weighted by atomic mass is 35.5. The molecule has 24 heavy (non-hydrogen) atoms. The predicted octanol–water partition coefficient (Wildman–Crippen LogP) is 5.62. The monoisotopic (exact) mass is 332 g/mol. The van der Waals surface area contributed by atoms with Gasteiger partial charge in [-0.3, -0.25) is 4.79 Å². The van der Waals surface area contributed by atoms with Gasteiger partial charge in [0.15, 0.2) is 5.76 Å². The third-order valence-corrected chi connectivity index (χ3v) is 4.19. The molecule has 1 aliphatic rings. The van der Waals surface area contributed by atoms with E-state index in [1.54, 1.807) is 18.2 Å². The van der Waals surface area contributed by atoms with Crippen molar-refractivity contribution in [1.82, 2.24) is 0 Å². The number of ether oxygens (including phenoxy) is 1. The summed E-state index contributed by atoms with van der Waals surface area (Å²) in [6.45, 7) is 0. The maximum absolute atomic E-state index is 12.4. The van der Waals surface area contributed by atoms with Crippen molar-refractivity contribution >= 4 is 23.5 Å². The van der Waals surface area contributed by atoms with Crippen molar-refractivity contribution in [2.75, 3.05) is 0 Å². The van der Waals surface area contributed by atoms with Crippen LogP contribution in [-0.2, 0) is 0 Å². The summed E-state index contributed by atoms with van der Waals surface area (Å²) in [4.78, 5) is 12.4. The molecule has 116 valence electrons. The van der Waals surface area contributed by atoms with Gasteiger partial charge in [0, 0.05) is 5.02 Å². The van der Waals surface area contributed by atoms with Crippen molar-refractivity contribution in [2.24, 2.45) is 0 Å². The van der Waals surface area contributed by atoms with E-state index >= 15 is 0 Å². The number of benzene rings is 3. The molecule has 0 aliphatic carbocycles. The lowest BCUT2D eigenvalue weighted by Gasteiger charge is -2.04. The largest absolute Gasteiger partial charge is 0.452 e. The molecule has 0 saturated heterocycles. The van der Waals surface area contributed by atoms with Crippen LogP contribution < -0.4 is 4.74 Å². The SMILES string of the molecule is O=C1/C(=C/c2cccc(-c3ccc(Cl)cc3)c2)Oc2ccccc21. The van der Waals surface area contributed by atoms with Gasteiger partial charge >= 0.3 is 0 Å². The zero-order valence-electron chi connectivity index (χ0n) is 12.7. The van der Waals surface area contributed by atoms with E-state index in [9.17, 15) is 4.79 Å². The highest BCUT2D eigenvalue weighted by Crippen LogP contribution is 2.32. The molecule has 0 aromatic heterocycles. The number of rotatable bonds is 2. The van der Waals surface area contributed by atoms with E-state index in [1.165, 1.54) is 0 Å². The Hall–Kier alpha value is -2.84. The van der Waals surface area contributed by atoms with E-state index in [4.69, 9.17) is 16.3 Å². The normalized spacial score (nSPS) is 14.5. The Labute approximate surface area is 145 Å². The molecular weight excluding hydrogens is 320 g/mol. The molecule has 0 N–H and O–H groups in total. The average Bonchev–Trinajstić information content (AvgIpc) is 2.92. The van der Waals surface area contributed by atoms with Gasteiger partial charge in [0.25, 0.3) is 0 Å². The number of para-hydroxylation sites is 1. The first-order chi connectivity index (χ1) is 11.7. The topological polar surface area (TPSA) is 26.3 Å². The van der Waals surface area contributed by atoms with Crippen LogP contribution in [0.4, 0.5) is 0 Å². The van der Waals surface area contributed by atoms with Gasteiger partial charge in [-0.15, -0.1) is 0 Å². The third kappa shape index (κ3) is 2.72. The van der Waals surface area contributed by atoms with Crippen molar-refractivity contribution in [2.45, 2.75) is 0 Å². The summed E-state index contributed by atoms with van der Waals surface area (Å²) in [6, 6.07) is 22.9. The second-order valence-electron chi connectivity index (χ2n) is 5.57. The average molecular weight is 333 g/mol. The van der Waals surface area contributed by atoms with Crippen LogP contribution in [0.5, 0.6) is 5.75 Å². The van der Waals surface area contributed by atoms with Crippen LogP contribution in [0.3, 0.4) is 0 Å². The Morgan fingerprint density at radius 3 is 2.42 bits per heavy atom. The van der Waals surface area contributed by atoms with Crippen molar-refractivity contribution in [3.63, 3.8) is 0 Å². The lowest BCUT2D eigenvalue weighted by atomic mass is 10.0. The summed E-state index contributed by atoms with van der Waals surface area (Å²) < 4.78 is 5.68. The van der Waals surface area contributed by atoms with Crippen LogP contribution in [0.15, 0.2) is 78.6 Å². The maximum Gasteiger partial charge on any atom is 0.231 e. The first kappa shape index (κ1) is 14.7. The minimum atomic E-state index is -0.0810. The number of Topliss-reactive ketones (excluding diaryl/α,β-unsaturated/α-hetero) is 1. The van der Waals surface area contributed by atoms with E-state index in [2.05, 4.69) is 0 Å². The summed E-state index contributed by atoms with van der Waals surface area (Å²) >= 11 is 5.94. The van der Waals surface area contributed by atoms with Crippen LogP contribution in [0, 0.1) is 0 Å². The van der Waals surface area contributed by atoms with Crippen LogP contribution in [-0.4, -0.2) is 5.78 Å². The van der Waals surface area contributed by atoms with Crippen LogP contribution in [0.2, 0.25) is 5.02 Å². The van der Waals surface area contributed by atoms with Crippen molar-refractivity contribution in [3.05, 3.63) is 94.7 Å². The van der Waals surface area contributed by atoms with Gasteiger partial charge in [-0.05, 0) is 53.1 Å². The number of hydrogen-bond donors (Lipinski definition) is 0. The van der Waals surface area contributed by atoms with E-state index in [-0.39, 0.29) is 5.78 Å². The van der Waals surface area contributed by atoms with Crippen LogP contribution in [0.1, 0.15) is 15.9 Å². The molecule has 0 spiro atoms. The van der Waals surface area contributed by atoms with Crippen molar-refractivity contribution < 1.29 is 9.53 Å². The number of fused-ring (bicyclic) bond motifs is 1. The Morgan fingerprint density at radius 2 is 1.62 bits per heavy atom. The highest BCUT2D eigenvalue weighted by molar-refractivity contribution is 6.30. The molecule has 0 bridgehead atoms. The molecule has 0 amide bonds. The molecule has 3 aromatic rings. The first-order valence-corrected chi connectivity index (χ1v) is 7.98. The van der Waals surface area contributed by atoms with E-state index in [0.717, 1.165) is 16.7 Å². The van der Waals surface area contributed by atoms with E-state index in [0.29, 0.717) is 22.1 Å². The van der Waals surface area contributed by atoms with Gasteiger partial charge in [0.05, 0.1) is 5.56 Å². The molecule has 0 saturated carbocycles. The van der Waals surface area contributed by atoms with E-state index in [1.807, 2.05) is 60.7 Å². The van der Waals surface area contributed by atoms with Gasteiger partial charge in [-0.25, -0.2) is 0 Å². The zero-order valence-corrected chi connectivity index (χ0v) is 13.5. The van der Waals surface area contributed by atoms with Gasteiger partial charge in [-0.1, -0.05) is 54.1 Å². The Balaban J connectivity index is 1.68. The standard InChI is InChI=1S/C21H13ClO2/c22-17-10-8-15(9-11-17)16-5-3-4-14(12-16)13-20-21(23)18-6-1-2-7-19(18)24-20/h1-13H/b20-13-. The molecule has 1 heterocycles. The minimum absolute atomic E-state index is 0.0810. The fraction of sp³-hybridized carbons (Fsp3) is 0. The Kier molecular flexibility index (Phi) is 3.68. The summed E-state index contributed by atoms with van der Waals surface area (Å²) in [7, 11) is 0. The number of carbonyl (C=O) groups is 1. The Bertz CT molecular complexity index is 956. The molecular formula is C21H13ClO2. The van der Waals surface area contributed by atoms with Crippen molar-refractivity contribution in [1.29, 1.82) is 0 Å². The third-order valence-electron chi connectivity index (χ3n) is 3.94. The molecule has 0 unspecified atom stereocenters. The lowest BCUT2D eigenvalue weighted by molar-refractivity contribution is 0.101. The number of halogens is 1. The Morgan fingerprint density at radius 1 is 0.833 bits per heavy atom. The lowest BCUT2D eigenvalue weighted by Crippen LogP contribution is -1.98. The molecule has 3 heteroatoms. The molecule has 0 fully saturated rings. The second-order valence-corrected chi connectivity index (χ2v) is 6.00. The summed E-state index contributed by atoms with van der Waals surface area (Å²) in [5, 5.41) is 0.708. The van der Waals surface area contributed by atoms with E-state index < -0.39 is 0 Å². The van der Waals surface area contributed by atoms with Gasteiger partial charge in [0.2, 0.25) is 5.78 Å². The molecule has 2 nitrogen and oxygen atoms in total. The quantitative estimate of drug-likeness (QED) is 0.569. The number of carbonyl (C=O) groups excluding carboxylic acids is 1. The number of ketones is 1. The predicted molar refractivity (Wildman–Crippen MR) is 96.3 cm³/mol. The van der Waals surface area contributed by atoms with Gasteiger partial charge < -0.3 is 4.74 Å². The molecule has 4 rings (SSSR count). The smallest absolute Gasteiger partial charge is 0.231 e. The number of allylic oxidation sites excluding steroid dienone is 1. The summed E-state index contributed by atoms with van der Waals surface area (Å²) in [6.07, 6.45) is 1.78. The van der Waals surface area contributed by atoms with Crippen LogP contribution >= 0.6 is 11.6 Å². The molecule has 3 aromatic carbocycles. The van der Waals surface area contributed by atoms with Gasteiger partial charge in [-0.2, -0.15) is 0 Å². The fourth-order valence-corrected chi connectivity index (χ4v) is 2.86. The molecule has 0 atom stereocenters. The highest BCUT2D eigenvalue weighted by Gasteiger charge is 2.26. The second kappa shape index (κ2) is 5.99. The minimum Gasteiger partial charge on any atom is -0.452 e. The van der Waals surface area contributed by atoms with Crippen LogP contribution in [0.25, 0.3) is 17.2 Å².